The molecule has 1 aliphatic rings. The van der Waals surface area contributed by atoms with E-state index in [-0.39, 0.29) is 5.91 Å². The third-order valence-corrected chi connectivity index (χ3v) is 4.88. The van der Waals surface area contributed by atoms with E-state index in [9.17, 15) is 4.79 Å². The van der Waals surface area contributed by atoms with Crippen LogP contribution in [0, 0.1) is 13.8 Å². The molecule has 0 bridgehead atoms. The molecule has 0 atom stereocenters. The predicted molar refractivity (Wildman–Crippen MR) is 92.8 cm³/mol. The highest BCUT2D eigenvalue weighted by Gasteiger charge is 2.16. The van der Waals surface area contributed by atoms with Crippen molar-refractivity contribution in [3.05, 3.63) is 35.2 Å². The van der Waals surface area contributed by atoms with Crippen molar-refractivity contribution in [1.29, 1.82) is 0 Å². The average Bonchev–Trinajstić information content (AvgIpc) is 2.71. The van der Waals surface area contributed by atoms with Crippen LogP contribution in [0.5, 0.6) is 0 Å². The molecular formula is C17H22N4OS. The first-order chi connectivity index (χ1) is 11.1. The lowest BCUT2D eigenvalue weighted by Gasteiger charge is -2.08. The number of aryl methyl sites for hydroxylation is 3. The van der Waals surface area contributed by atoms with E-state index in [4.69, 9.17) is 0 Å². The molecule has 1 aromatic carbocycles. The first-order valence-electron chi connectivity index (χ1n) is 8.05. The van der Waals surface area contributed by atoms with Crippen molar-refractivity contribution < 1.29 is 4.79 Å². The van der Waals surface area contributed by atoms with Gasteiger partial charge in [0.2, 0.25) is 5.91 Å². The Morgan fingerprint density at radius 3 is 2.74 bits per heavy atom. The quantitative estimate of drug-likeness (QED) is 0.873. The van der Waals surface area contributed by atoms with Crippen LogP contribution in [-0.2, 0) is 17.8 Å². The molecule has 0 spiro atoms. The molecular weight excluding hydrogens is 308 g/mol. The number of fused-ring (bicyclic) bond motifs is 1. The molecule has 0 aliphatic carbocycles. The molecule has 0 saturated carbocycles. The summed E-state index contributed by atoms with van der Waals surface area (Å²) in [6, 6.07) is 6.06. The zero-order chi connectivity index (χ0) is 16.2. The molecule has 0 saturated heterocycles. The zero-order valence-corrected chi connectivity index (χ0v) is 14.4. The van der Waals surface area contributed by atoms with Crippen LogP contribution in [0.3, 0.4) is 0 Å². The highest BCUT2D eigenvalue weighted by Crippen LogP contribution is 2.22. The third-order valence-electron chi connectivity index (χ3n) is 3.91. The highest BCUT2D eigenvalue weighted by atomic mass is 32.2. The smallest absolute Gasteiger partial charge is 0.234 e. The van der Waals surface area contributed by atoms with E-state index in [1.165, 1.54) is 24.6 Å². The average molecular weight is 330 g/mol. The van der Waals surface area contributed by atoms with Gasteiger partial charge in [-0.3, -0.25) is 4.79 Å². The minimum absolute atomic E-state index is 0.00836. The second kappa shape index (κ2) is 7.17. The SMILES string of the molecule is Cc1cc(C)cc(NC(=O)CSc2nnc3n2CCCCC3)c1. The number of hydrogen-bond donors (Lipinski definition) is 1. The number of hydrogen-bond acceptors (Lipinski definition) is 4. The number of aromatic nitrogens is 3. The van der Waals surface area contributed by atoms with Gasteiger partial charge < -0.3 is 9.88 Å². The summed E-state index contributed by atoms with van der Waals surface area (Å²) in [6.45, 7) is 5.02. The lowest BCUT2D eigenvalue weighted by molar-refractivity contribution is -0.113. The van der Waals surface area contributed by atoms with Crippen LogP contribution in [0.15, 0.2) is 23.4 Å². The first kappa shape index (κ1) is 16.1. The van der Waals surface area contributed by atoms with E-state index >= 15 is 0 Å². The Hall–Kier alpha value is -1.82. The van der Waals surface area contributed by atoms with Crippen LogP contribution in [0.25, 0.3) is 0 Å². The lowest BCUT2D eigenvalue weighted by Crippen LogP contribution is -2.15. The van der Waals surface area contributed by atoms with E-state index in [1.54, 1.807) is 0 Å². The fraction of sp³-hybridized carbons (Fsp3) is 0.471. The molecule has 23 heavy (non-hydrogen) atoms. The molecule has 0 unspecified atom stereocenters. The van der Waals surface area contributed by atoms with Gasteiger partial charge in [0.1, 0.15) is 5.82 Å². The number of carbonyl (C=O) groups is 1. The Bertz CT molecular complexity index is 690. The largest absolute Gasteiger partial charge is 0.325 e. The van der Waals surface area contributed by atoms with Crippen LogP contribution in [0.1, 0.15) is 36.2 Å². The number of nitrogens with one attached hydrogen (secondary N) is 1. The number of nitrogens with zero attached hydrogens (tertiary/aromatic N) is 3. The third kappa shape index (κ3) is 4.13. The molecule has 5 nitrogen and oxygen atoms in total. The number of rotatable bonds is 4. The second-order valence-corrected chi connectivity index (χ2v) is 7.02. The maximum absolute atomic E-state index is 12.2. The topological polar surface area (TPSA) is 59.8 Å². The van der Waals surface area contributed by atoms with Crippen molar-refractivity contribution in [3.63, 3.8) is 0 Å². The van der Waals surface area contributed by atoms with Crippen LogP contribution >= 0.6 is 11.8 Å². The van der Waals surface area contributed by atoms with Crippen molar-refractivity contribution in [2.24, 2.45) is 0 Å². The fourth-order valence-corrected chi connectivity index (χ4v) is 3.72. The van der Waals surface area contributed by atoms with Gasteiger partial charge in [-0.05, 0) is 49.9 Å². The van der Waals surface area contributed by atoms with Gasteiger partial charge in [-0.15, -0.1) is 10.2 Å². The molecule has 1 aromatic heterocycles. The molecule has 2 heterocycles. The van der Waals surface area contributed by atoms with Crippen molar-refractivity contribution in [2.75, 3.05) is 11.1 Å². The van der Waals surface area contributed by atoms with Crippen molar-refractivity contribution >= 4 is 23.4 Å². The second-order valence-electron chi connectivity index (χ2n) is 6.07. The number of thioether (sulfide) groups is 1. The Balaban J connectivity index is 1.60. The van der Waals surface area contributed by atoms with Crippen LogP contribution < -0.4 is 5.32 Å². The Labute approximate surface area is 140 Å². The van der Waals surface area contributed by atoms with Crippen molar-refractivity contribution in [2.45, 2.75) is 51.2 Å². The van der Waals surface area contributed by atoms with E-state index in [0.717, 1.165) is 47.2 Å². The normalized spacial score (nSPS) is 14.2. The molecule has 6 heteroatoms. The zero-order valence-electron chi connectivity index (χ0n) is 13.6. The van der Waals surface area contributed by atoms with Gasteiger partial charge >= 0.3 is 0 Å². The van der Waals surface area contributed by atoms with E-state index in [2.05, 4.69) is 26.1 Å². The maximum atomic E-state index is 12.2. The molecule has 1 aliphatic heterocycles. The number of anilines is 1. The van der Waals surface area contributed by atoms with Crippen LogP contribution in [0.2, 0.25) is 0 Å². The summed E-state index contributed by atoms with van der Waals surface area (Å²) in [5.74, 6) is 1.40. The van der Waals surface area contributed by atoms with Gasteiger partial charge in [0.25, 0.3) is 0 Å². The molecule has 1 amide bonds. The summed E-state index contributed by atoms with van der Waals surface area (Å²) in [5, 5.41) is 12.3. The van der Waals surface area contributed by atoms with Gasteiger partial charge in [0, 0.05) is 18.7 Å². The summed E-state index contributed by atoms with van der Waals surface area (Å²) in [4.78, 5) is 12.2. The Kier molecular flexibility index (Phi) is 5.00. The molecule has 122 valence electrons. The van der Waals surface area contributed by atoms with Gasteiger partial charge in [0.05, 0.1) is 5.75 Å². The van der Waals surface area contributed by atoms with Crippen molar-refractivity contribution in [1.82, 2.24) is 14.8 Å². The minimum atomic E-state index is -0.00836. The van der Waals surface area contributed by atoms with Gasteiger partial charge in [-0.1, -0.05) is 24.2 Å². The predicted octanol–water partition coefficient (Wildman–Crippen LogP) is 3.35. The highest BCUT2D eigenvalue weighted by molar-refractivity contribution is 7.99. The maximum Gasteiger partial charge on any atom is 0.234 e. The van der Waals surface area contributed by atoms with E-state index in [1.807, 2.05) is 26.0 Å². The summed E-state index contributed by atoms with van der Waals surface area (Å²) in [5.41, 5.74) is 3.15. The van der Waals surface area contributed by atoms with Crippen LogP contribution in [-0.4, -0.2) is 26.4 Å². The van der Waals surface area contributed by atoms with Gasteiger partial charge in [-0.2, -0.15) is 0 Å². The Morgan fingerprint density at radius 1 is 1.17 bits per heavy atom. The molecule has 3 rings (SSSR count). The number of benzene rings is 1. The van der Waals surface area contributed by atoms with E-state index < -0.39 is 0 Å². The Morgan fingerprint density at radius 2 is 1.96 bits per heavy atom. The van der Waals surface area contributed by atoms with Gasteiger partial charge in [0.15, 0.2) is 5.16 Å². The molecule has 2 aromatic rings. The monoisotopic (exact) mass is 330 g/mol. The minimum Gasteiger partial charge on any atom is -0.325 e. The number of carbonyl (C=O) groups excluding carboxylic acids is 1. The molecule has 0 fully saturated rings. The molecule has 1 N–H and O–H groups in total. The van der Waals surface area contributed by atoms with E-state index in [0.29, 0.717) is 5.75 Å². The number of amides is 1. The van der Waals surface area contributed by atoms with Crippen LogP contribution in [0.4, 0.5) is 5.69 Å². The van der Waals surface area contributed by atoms with Crippen molar-refractivity contribution in [3.8, 4) is 0 Å². The summed E-state index contributed by atoms with van der Waals surface area (Å²) in [7, 11) is 0. The first-order valence-corrected chi connectivity index (χ1v) is 9.03. The lowest BCUT2D eigenvalue weighted by atomic mass is 10.1. The molecule has 0 radical (unpaired) electrons. The summed E-state index contributed by atoms with van der Waals surface area (Å²) in [6.07, 6.45) is 4.56. The van der Waals surface area contributed by atoms with Gasteiger partial charge in [-0.25, -0.2) is 0 Å². The summed E-state index contributed by atoms with van der Waals surface area (Å²) < 4.78 is 2.17. The summed E-state index contributed by atoms with van der Waals surface area (Å²) >= 11 is 1.46. The fourth-order valence-electron chi connectivity index (χ4n) is 2.94. The standard InChI is InChI=1S/C17H22N4OS/c1-12-8-13(2)10-14(9-12)18-16(22)11-23-17-20-19-15-6-4-3-5-7-21(15)17/h8-10H,3-7,11H2,1-2H3,(H,18,22).